The van der Waals surface area contributed by atoms with E-state index in [-0.39, 0.29) is 32.0 Å². The van der Waals surface area contributed by atoms with E-state index in [0.29, 0.717) is 17.4 Å². The smallest absolute Gasteiger partial charge is 0.462 e. The van der Waals surface area contributed by atoms with Gasteiger partial charge in [0, 0.05) is 12.8 Å². The standard InChI is InChI=1S/C68H120NO8P/c1-6-8-10-12-14-16-18-20-22-24-26-28-30-32-33-34-35-37-39-41-43-45-47-49-51-53-55-57-59-61-68(71)77-66(65-76-78(72,73)75-63-62-69(3,4)5)64-74-67(70)60-58-56-54-52-50-48-46-44-42-40-38-36-31-29-27-25-23-21-19-17-15-13-11-9-7-2/h8,10,14,16,20,22,25-28,32-33,35,37,41,43,66H,6-7,9,11-13,15,17-19,21,23-24,29-31,34,36,38-40,42,44-65H2,1-5H3/p+1/b10-8-,16-14-,22-20-,27-25-,28-26-,33-32-,37-35-,43-41-. The number of carbonyl (C=O) groups is 2. The molecule has 10 heteroatoms. The number of ether oxygens (including phenoxy) is 2. The van der Waals surface area contributed by atoms with Crippen LogP contribution in [0.2, 0.25) is 0 Å². The molecule has 0 aliphatic rings. The first kappa shape index (κ1) is 74.9. The Kier molecular flexibility index (Phi) is 56.3. The van der Waals surface area contributed by atoms with Crippen LogP contribution in [0, 0.1) is 0 Å². The molecule has 1 N–H and O–H groups in total. The lowest BCUT2D eigenvalue weighted by Gasteiger charge is -2.24. The van der Waals surface area contributed by atoms with Gasteiger partial charge in [-0.3, -0.25) is 18.6 Å². The quantitative estimate of drug-likeness (QED) is 0.0211. The van der Waals surface area contributed by atoms with Crippen molar-refractivity contribution in [2.75, 3.05) is 47.5 Å². The monoisotopic (exact) mass is 1110 g/mol. The van der Waals surface area contributed by atoms with Gasteiger partial charge < -0.3 is 18.9 Å². The van der Waals surface area contributed by atoms with Crippen molar-refractivity contribution in [3.63, 3.8) is 0 Å². The van der Waals surface area contributed by atoms with Gasteiger partial charge >= 0.3 is 19.8 Å². The predicted molar refractivity (Wildman–Crippen MR) is 335 cm³/mol. The lowest BCUT2D eigenvalue weighted by molar-refractivity contribution is -0.870. The van der Waals surface area contributed by atoms with Gasteiger partial charge in [-0.05, 0) is 96.3 Å². The molecule has 0 heterocycles. The number of hydrogen-bond acceptors (Lipinski definition) is 7. The van der Waals surface area contributed by atoms with Gasteiger partial charge in [0.25, 0.3) is 0 Å². The molecule has 0 aromatic heterocycles. The molecule has 78 heavy (non-hydrogen) atoms. The fourth-order valence-electron chi connectivity index (χ4n) is 8.70. The zero-order valence-electron chi connectivity index (χ0n) is 51.1. The topological polar surface area (TPSA) is 108 Å². The number of unbranched alkanes of at least 4 members (excludes halogenated alkanes) is 28. The van der Waals surface area contributed by atoms with Crippen molar-refractivity contribution in [3.05, 3.63) is 97.2 Å². The summed E-state index contributed by atoms with van der Waals surface area (Å²) in [7, 11) is 1.46. The molecule has 0 aromatic carbocycles. The molecule has 0 saturated carbocycles. The molecule has 0 rings (SSSR count). The van der Waals surface area contributed by atoms with Crippen molar-refractivity contribution in [2.45, 2.75) is 277 Å². The second-order valence-electron chi connectivity index (χ2n) is 22.4. The van der Waals surface area contributed by atoms with Crippen molar-refractivity contribution in [1.82, 2.24) is 0 Å². The maximum atomic E-state index is 12.8. The Morgan fingerprint density at radius 2 is 0.731 bits per heavy atom. The molecule has 0 aromatic rings. The Bertz CT molecular complexity index is 1640. The highest BCUT2D eigenvalue weighted by Gasteiger charge is 2.27. The van der Waals surface area contributed by atoms with E-state index >= 15 is 0 Å². The number of esters is 2. The zero-order chi connectivity index (χ0) is 57.0. The van der Waals surface area contributed by atoms with E-state index in [4.69, 9.17) is 18.5 Å². The fourth-order valence-corrected chi connectivity index (χ4v) is 9.44. The Balaban J connectivity index is 4.16. The molecule has 0 aliphatic carbocycles. The first-order chi connectivity index (χ1) is 38.0. The molecular weight excluding hydrogens is 990 g/mol. The summed E-state index contributed by atoms with van der Waals surface area (Å²) < 4.78 is 34.6. The van der Waals surface area contributed by atoms with Crippen LogP contribution >= 0.6 is 7.82 Å². The SMILES string of the molecule is CC/C=C\C/C=C\C/C=C\C/C=C\C/C=C\C/C=C\C/C=C\CCCCCCCCCC(=O)OC(COC(=O)CCCCCCCCCCCCCCC/C=C\CCCCCCCCCC)COP(=O)(O)OCC[N+](C)(C)C. The molecule has 9 nitrogen and oxygen atoms in total. The van der Waals surface area contributed by atoms with Crippen LogP contribution in [0.25, 0.3) is 0 Å². The van der Waals surface area contributed by atoms with Crippen molar-refractivity contribution >= 4 is 19.8 Å². The zero-order valence-corrected chi connectivity index (χ0v) is 52.0. The molecule has 0 amide bonds. The van der Waals surface area contributed by atoms with Crippen LogP contribution in [0.1, 0.15) is 271 Å². The number of phosphoric ester groups is 1. The van der Waals surface area contributed by atoms with Crippen LogP contribution in [-0.4, -0.2) is 74.9 Å². The van der Waals surface area contributed by atoms with Gasteiger partial charge in [0.1, 0.15) is 19.8 Å². The molecule has 0 bridgehead atoms. The van der Waals surface area contributed by atoms with E-state index in [1.807, 2.05) is 21.1 Å². The van der Waals surface area contributed by atoms with E-state index in [2.05, 4.69) is 111 Å². The third kappa shape index (κ3) is 62.1. The number of phosphoric acid groups is 1. The van der Waals surface area contributed by atoms with E-state index in [9.17, 15) is 19.0 Å². The lowest BCUT2D eigenvalue weighted by Crippen LogP contribution is -2.37. The van der Waals surface area contributed by atoms with Crippen LogP contribution in [-0.2, 0) is 32.7 Å². The highest BCUT2D eigenvalue weighted by atomic mass is 31.2. The number of nitrogens with zero attached hydrogens (tertiary/aromatic N) is 1. The number of likely N-dealkylation sites (N-methyl/N-ethyl adjacent to an activating group) is 1. The van der Waals surface area contributed by atoms with Gasteiger partial charge in [-0.2, -0.15) is 0 Å². The minimum absolute atomic E-state index is 0.0254. The van der Waals surface area contributed by atoms with Crippen molar-refractivity contribution in [2.24, 2.45) is 0 Å². The Labute approximate surface area is 481 Å². The third-order valence-electron chi connectivity index (χ3n) is 13.6. The van der Waals surface area contributed by atoms with Crippen LogP contribution in [0.4, 0.5) is 0 Å². The summed E-state index contributed by atoms with van der Waals surface area (Å²) in [5.41, 5.74) is 0. The van der Waals surface area contributed by atoms with Crippen molar-refractivity contribution < 1.29 is 42.1 Å². The number of carbonyl (C=O) groups excluding carboxylic acids is 2. The normalized spacial score (nSPS) is 13.9. The average Bonchev–Trinajstić information content (AvgIpc) is 3.41. The van der Waals surface area contributed by atoms with Gasteiger partial charge in [0.15, 0.2) is 6.10 Å². The molecule has 2 atom stereocenters. The maximum Gasteiger partial charge on any atom is 0.472 e. The minimum Gasteiger partial charge on any atom is -0.462 e. The Morgan fingerprint density at radius 1 is 0.410 bits per heavy atom. The number of hydrogen-bond donors (Lipinski definition) is 1. The number of allylic oxidation sites excluding steroid dienone is 16. The summed E-state index contributed by atoms with van der Waals surface area (Å²) in [6, 6.07) is 0. The highest BCUT2D eigenvalue weighted by molar-refractivity contribution is 7.47. The molecular formula is C68H121NO8P+. The molecule has 0 radical (unpaired) electrons. The van der Waals surface area contributed by atoms with Gasteiger partial charge in [0.2, 0.25) is 0 Å². The van der Waals surface area contributed by atoms with Gasteiger partial charge in [0.05, 0.1) is 27.7 Å². The van der Waals surface area contributed by atoms with Crippen LogP contribution in [0.5, 0.6) is 0 Å². The highest BCUT2D eigenvalue weighted by Crippen LogP contribution is 2.43. The summed E-state index contributed by atoms with van der Waals surface area (Å²) >= 11 is 0. The third-order valence-corrected chi connectivity index (χ3v) is 14.6. The summed E-state index contributed by atoms with van der Waals surface area (Å²) in [5, 5.41) is 0. The van der Waals surface area contributed by atoms with Crippen LogP contribution in [0.3, 0.4) is 0 Å². The Hall–Kier alpha value is -3.07. The van der Waals surface area contributed by atoms with Gasteiger partial charge in [-0.1, -0.05) is 259 Å². The summed E-state index contributed by atoms with van der Waals surface area (Å²) in [4.78, 5) is 35.8. The second-order valence-corrected chi connectivity index (χ2v) is 23.9. The van der Waals surface area contributed by atoms with Crippen LogP contribution in [0.15, 0.2) is 97.2 Å². The summed E-state index contributed by atoms with van der Waals surface area (Å²) in [6.45, 7) is 4.32. The predicted octanol–water partition coefficient (Wildman–Crippen LogP) is 20.4. The summed E-state index contributed by atoms with van der Waals surface area (Å²) in [5.74, 6) is -0.808. The number of quaternary nitrogens is 1. The average molecular weight is 1110 g/mol. The molecule has 0 fully saturated rings. The first-order valence-electron chi connectivity index (χ1n) is 32.0. The molecule has 0 saturated heterocycles. The molecule has 2 unspecified atom stereocenters. The van der Waals surface area contributed by atoms with E-state index in [1.54, 1.807) is 0 Å². The van der Waals surface area contributed by atoms with Gasteiger partial charge in [-0.15, -0.1) is 0 Å². The maximum absolute atomic E-state index is 12.8. The second kappa shape index (κ2) is 58.6. The minimum atomic E-state index is -4.40. The Morgan fingerprint density at radius 3 is 1.10 bits per heavy atom. The lowest BCUT2D eigenvalue weighted by atomic mass is 10.0. The molecule has 0 spiro atoms. The van der Waals surface area contributed by atoms with Crippen molar-refractivity contribution in [3.8, 4) is 0 Å². The van der Waals surface area contributed by atoms with E-state index in [0.717, 1.165) is 89.9 Å². The van der Waals surface area contributed by atoms with Crippen molar-refractivity contribution in [1.29, 1.82) is 0 Å². The molecule has 0 aliphatic heterocycles. The molecule has 450 valence electrons. The largest absolute Gasteiger partial charge is 0.472 e. The van der Waals surface area contributed by atoms with E-state index < -0.39 is 26.5 Å². The van der Waals surface area contributed by atoms with Gasteiger partial charge in [-0.25, -0.2) is 4.57 Å². The first-order valence-corrected chi connectivity index (χ1v) is 33.5. The summed E-state index contributed by atoms with van der Waals surface area (Å²) in [6.07, 6.45) is 80.6. The fraction of sp³-hybridized carbons (Fsp3) is 0.735. The van der Waals surface area contributed by atoms with Crippen LogP contribution < -0.4 is 0 Å². The van der Waals surface area contributed by atoms with E-state index in [1.165, 1.54) is 148 Å². The number of rotatable bonds is 58.